The van der Waals surface area contributed by atoms with Gasteiger partial charge in [-0.1, -0.05) is 12.1 Å². The largest absolute Gasteiger partial charge is 0.432 e. The predicted octanol–water partition coefficient (Wildman–Crippen LogP) is 5.62. The molecule has 6 nitrogen and oxygen atoms in total. The molecule has 0 atom stereocenters. The van der Waals surface area contributed by atoms with Crippen LogP contribution in [0.5, 0.6) is 0 Å². The number of alkyl halides is 6. The highest BCUT2D eigenvalue weighted by Gasteiger charge is 2.35. The third kappa shape index (κ3) is 4.45. The topological polar surface area (TPSA) is 83.1 Å². The Kier molecular flexibility index (Phi) is 5.26. The molecule has 0 spiro atoms. The summed E-state index contributed by atoms with van der Waals surface area (Å²) in [6.07, 6.45) is -9.13. The van der Waals surface area contributed by atoms with E-state index >= 15 is 0 Å². The van der Waals surface area contributed by atoms with Crippen LogP contribution in [0.1, 0.15) is 36.6 Å². The van der Waals surface area contributed by atoms with Crippen LogP contribution in [0.15, 0.2) is 48.5 Å². The highest BCUT2D eigenvalue weighted by atomic mass is 19.4. The van der Waals surface area contributed by atoms with Crippen LogP contribution >= 0.6 is 0 Å². The summed E-state index contributed by atoms with van der Waals surface area (Å²) in [5.74, 6) is 0. The number of H-pyrrole nitrogens is 2. The lowest BCUT2D eigenvalue weighted by atomic mass is 9.84. The fourth-order valence-corrected chi connectivity index (χ4v) is 3.18. The molecule has 0 radical (unpaired) electrons. The maximum Gasteiger partial charge on any atom is 0.432 e. The minimum Gasteiger partial charge on any atom is -0.273 e. The number of hydrogen-bond donors (Lipinski definition) is 2. The number of rotatable bonds is 4. The molecule has 0 aliphatic heterocycles. The first-order valence-corrected chi connectivity index (χ1v) is 9.57. The van der Waals surface area contributed by atoms with Crippen molar-refractivity contribution in [3.8, 4) is 22.8 Å². The lowest BCUT2D eigenvalue weighted by Gasteiger charge is -2.24. The first-order chi connectivity index (χ1) is 15.4. The summed E-state index contributed by atoms with van der Waals surface area (Å²) in [5, 5.41) is 11.3. The predicted molar refractivity (Wildman–Crippen MR) is 106 cm³/mol. The van der Waals surface area contributed by atoms with E-state index in [4.69, 9.17) is 0 Å². The van der Waals surface area contributed by atoms with E-state index in [1.807, 2.05) is 10.2 Å². The summed E-state index contributed by atoms with van der Waals surface area (Å²) in [6, 6.07) is 11.4. The molecule has 4 aromatic heterocycles. The minimum absolute atomic E-state index is 0.0258. The van der Waals surface area contributed by atoms with Crippen LogP contribution < -0.4 is 0 Å². The average Bonchev–Trinajstić information content (AvgIpc) is 3.44. The molecule has 33 heavy (non-hydrogen) atoms. The van der Waals surface area contributed by atoms with Gasteiger partial charge in [-0.3, -0.25) is 20.2 Å². The van der Waals surface area contributed by atoms with Gasteiger partial charge < -0.3 is 0 Å². The third-order valence-corrected chi connectivity index (χ3v) is 5.07. The van der Waals surface area contributed by atoms with Gasteiger partial charge in [0.1, 0.15) is 22.8 Å². The normalized spacial score (nSPS) is 12.8. The number of nitrogens with one attached hydrogen (secondary N) is 2. The fraction of sp³-hybridized carbons (Fsp3) is 0.238. The van der Waals surface area contributed by atoms with Crippen molar-refractivity contribution in [2.24, 2.45) is 0 Å². The number of aromatic nitrogens is 6. The Bertz CT molecular complexity index is 1190. The molecule has 12 heteroatoms. The first kappa shape index (κ1) is 22.5. The summed E-state index contributed by atoms with van der Waals surface area (Å²) in [5.41, 5.74) is -1.34. The Morgan fingerprint density at radius 1 is 0.606 bits per heavy atom. The van der Waals surface area contributed by atoms with E-state index < -0.39 is 29.2 Å². The Balaban J connectivity index is 1.68. The van der Waals surface area contributed by atoms with E-state index in [1.54, 1.807) is 38.1 Å². The van der Waals surface area contributed by atoms with Gasteiger partial charge in [0.25, 0.3) is 0 Å². The van der Waals surface area contributed by atoms with Crippen molar-refractivity contribution in [3.63, 3.8) is 0 Å². The van der Waals surface area contributed by atoms with Gasteiger partial charge in [-0.05, 0) is 50.2 Å². The molecular weight excluding hydrogens is 450 g/mol. The number of pyridine rings is 2. The van der Waals surface area contributed by atoms with Gasteiger partial charge in [0.05, 0.1) is 22.8 Å². The summed E-state index contributed by atoms with van der Waals surface area (Å²) >= 11 is 0. The lowest BCUT2D eigenvalue weighted by Crippen LogP contribution is -2.22. The summed E-state index contributed by atoms with van der Waals surface area (Å²) < 4.78 is 77.3. The third-order valence-electron chi connectivity index (χ3n) is 5.07. The van der Waals surface area contributed by atoms with Gasteiger partial charge in [0, 0.05) is 5.41 Å². The minimum atomic E-state index is -4.56. The molecule has 2 N–H and O–H groups in total. The van der Waals surface area contributed by atoms with Crippen LogP contribution in [0, 0.1) is 0 Å². The Hall–Kier alpha value is -3.70. The molecule has 0 amide bonds. The van der Waals surface area contributed by atoms with Crippen LogP contribution in [-0.2, 0) is 17.8 Å². The van der Waals surface area contributed by atoms with Gasteiger partial charge in [-0.25, -0.2) is 0 Å². The number of halogens is 6. The zero-order chi connectivity index (χ0) is 24.0. The van der Waals surface area contributed by atoms with E-state index in [-0.39, 0.29) is 22.8 Å². The van der Waals surface area contributed by atoms with Crippen LogP contribution in [0.4, 0.5) is 26.3 Å². The van der Waals surface area contributed by atoms with Gasteiger partial charge in [0.2, 0.25) is 0 Å². The summed E-state index contributed by atoms with van der Waals surface area (Å²) in [6.45, 7) is 3.59. The monoisotopic (exact) mass is 466 g/mol. The maximum atomic E-state index is 12.9. The van der Waals surface area contributed by atoms with Crippen molar-refractivity contribution in [2.45, 2.75) is 31.6 Å². The summed E-state index contributed by atoms with van der Waals surface area (Å²) in [7, 11) is 0. The van der Waals surface area contributed by atoms with Crippen molar-refractivity contribution in [1.82, 2.24) is 30.4 Å². The molecule has 4 aromatic rings. The van der Waals surface area contributed by atoms with E-state index in [0.29, 0.717) is 11.4 Å². The van der Waals surface area contributed by atoms with Gasteiger partial charge in [0.15, 0.2) is 0 Å². The molecule has 4 heterocycles. The van der Waals surface area contributed by atoms with E-state index in [0.717, 1.165) is 12.1 Å². The Morgan fingerprint density at radius 3 is 1.33 bits per heavy atom. The standard InChI is InChI=1S/C21H16F6N6/c1-19(2,15-7-3-5-11(28-15)13-9-17(32-30-13)20(22,23)24)16-8-4-6-12(29-16)14-10-18(33-31-14)21(25,26)27/h3-10H,1-2H3,(H,30,32)(H,31,33). The van der Waals surface area contributed by atoms with Crippen LogP contribution in [0.3, 0.4) is 0 Å². The van der Waals surface area contributed by atoms with Gasteiger partial charge in [-0.2, -0.15) is 36.5 Å². The lowest BCUT2D eigenvalue weighted by molar-refractivity contribution is -0.142. The Morgan fingerprint density at radius 2 is 1.00 bits per heavy atom. The molecule has 0 aliphatic rings. The maximum absolute atomic E-state index is 12.9. The van der Waals surface area contributed by atoms with E-state index in [2.05, 4.69) is 20.2 Å². The Labute approximate surface area is 183 Å². The van der Waals surface area contributed by atoms with E-state index in [1.165, 1.54) is 12.1 Å². The van der Waals surface area contributed by atoms with Gasteiger partial charge >= 0.3 is 12.4 Å². The molecule has 0 fully saturated rings. The molecule has 4 rings (SSSR count). The second-order valence-electron chi connectivity index (χ2n) is 7.77. The van der Waals surface area contributed by atoms with E-state index in [9.17, 15) is 26.3 Å². The second-order valence-corrected chi connectivity index (χ2v) is 7.77. The van der Waals surface area contributed by atoms with Crippen molar-refractivity contribution in [2.75, 3.05) is 0 Å². The molecule has 172 valence electrons. The van der Waals surface area contributed by atoms with Crippen LogP contribution in [0.2, 0.25) is 0 Å². The average molecular weight is 466 g/mol. The smallest absolute Gasteiger partial charge is 0.273 e. The van der Waals surface area contributed by atoms with Crippen LogP contribution in [0.25, 0.3) is 22.8 Å². The zero-order valence-electron chi connectivity index (χ0n) is 17.2. The van der Waals surface area contributed by atoms with Crippen molar-refractivity contribution >= 4 is 0 Å². The molecule has 0 saturated carbocycles. The molecule has 0 aliphatic carbocycles. The second kappa shape index (κ2) is 7.71. The molecule has 0 saturated heterocycles. The number of aromatic amines is 2. The highest BCUT2D eigenvalue weighted by Crippen LogP contribution is 2.34. The van der Waals surface area contributed by atoms with Crippen molar-refractivity contribution in [3.05, 3.63) is 71.3 Å². The SMILES string of the molecule is CC(C)(c1cccc(-c2cc(C(F)(F)F)[nH]n2)n1)c1cccc(-c2cc(C(F)(F)F)[nH]n2)n1. The molecular formula is C21H16F6N6. The van der Waals surface area contributed by atoms with Crippen LogP contribution in [-0.4, -0.2) is 30.4 Å². The molecule has 0 unspecified atom stereocenters. The summed E-state index contributed by atoms with van der Waals surface area (Å²) in [4.78, 5) is 8.93. The first-order valence-electron chi connectivity index (χ1n) is 9.57. The number of nitrogens with zero attached hydrogens (tertiary/aromatic N) is 4. The van der Waals surface area contributed by atoms with Crippen molar-refractivity contribution < 1.29 is 26.3 Å². The quantitative estimate of drug-likeness (QED) is 0.383. The fourth-order valence-electron chi connectivity index (χ4n) is 3.18. The zero-order valence-corrected chi connectivity index (χ0v) is 17.2. The highest BCUT2D eigenvalue weighted by molar-refractivity contribution is 5.57. The van der Waals surface area contributed by atoms with Gasteiger partial charge in [-0.15, -0.1) is 0 Å². The molecule has 0 aromatic carbocycles. The van der Waals surface area contributed by atoms with Crippen molar-refractivity contribution in [1.29, 1.82) is 0 Å². The molecule has 0 bridgehead atoms. The number of hydrogen-bond acceptors (Lipinski definition) is 4.